The first-order valence-electron chi connectivity index (χ1n) is 5.84. The number of hydrogen-bond donors (Lipinski definition) is 2. The Hall–Kier alpha value is -2.32. The van der Waals surface area contributed by atoms with Gasteiger partial charge in [0.15, 0.2) is 0 Å². The number of primary amides is 1. The van der Waals surface area contributed by atoms with Gasteiger partial charge in [0.25, 0.3) is 5.69 Å². The Morgan fingerprint density at radius 3 is 2.38 bits per heavy atom. The maximum Gasteiger partial charge on any atom is 0.416 e. The number of nitrogens with two attached hydrogens (primary N) is 1. The molecule has 0 saturated heterocycles. The highest BCUT2D eigenvalue weighted by atomic mass is 19.4. The van der Waals surface area contributed by atoms with Gasteiger partial charge in [-0.3, -0.25) is 14.9 Å². The predicted molar refractivity (Wildman–Crippen MR) is 69.6 cm³/mol. The van der Waals surface area contributed by atoms with E-state index in [0.717, 1.165) is 12.1 Å². The van der Waals surface area contributed by atoms with Crippen LogP contribution >= 0.6 is 0 Å². The largest absolute Gasteiger partial charge is 0.416 e. The minimum absolute atomic E-state index is 0.0471. The third-order valence-electron chi connectivity index (χ3n) is 2.91. The van der Waals surface area contributed by atoms with E-state index in [1.54, 1.807) is 0 Å². The van der Waals surface area contributed by atoms with E-state index in [1.807, 2.05) is 0 Å². The van der Waals surface area contributed by atoms with Gasteiger partial charge in [-0.05, 0) is 26.0 Å². The Labute approximate surface area is 118 Å². The van der Waals surface area contributed by atoms with Crippen LogP contribution in [0.4, 0.5) is 24.5 Å². The molecule has 6 nitrogen and oxygen atoms in total. The zero-order valence-corrected chi connectivity index (χ0v) is 11.3. The monoisotopic (exact) mass is 305 g/mol. The summed E-state index contributed by atoms with van der Waals surface area (Å²) in [6.07, 6.45) is -4.67. The van der Waals surface area contributed by atoms with Crippen molar-refractivity contribution < 1.29 is 22.9 Å². The standard InChI is InChI=1S/C12H14F3N3O3/c1-11(2,10(16)19)6-17-8-4-3-7(12(13,14)15)5-9(8)18(20)21/h3-5,17H,6H2,1-2H3,(H2,16,19). The molecular formula is C12H14F3N3O3. The molecule has 0 heterocycles. The van der Waals surface area contributed by atoms with E-state index < -0.39 is 33.7 Å². The van der Waals surface area contributed by atoms with Gasteiger partial charge >= 0.3 is 6.18 Å². The number of carbonyl (C=O) groups excluding carboxylic acids is 1. The molecule has 1 aromatic rings. The van der Waals surface area contributed by atoms with E-state index in [-0.39, 0.29) is 12.2 Å². The molecule has 0 spiro atoms. The number of nitrogens with zero attached hydrogens (tertiary/aromatic N) is 1. The van der Waals surface area contributed by atoms with Crippen LogP contribution in [0.3, 0.4) is 0 Å². The van der Waals surface area contributed by atoms with Crippen LogP contribution in [0.2, 0.25) is 0 Å². The number of alkyl halides is 3. The minimum atomic E-state index is -4.67. The normalized spacial score (nSPS) is 12.0. The van der Waals surface area contributed by atoms with Crippen LogP contribution in [0.25, 0.3) is 0 Å². The molecule has 9 heteroatoms. The molecule has 0 aromatic heterocycles. The van der Waals surface area contributed by atoms with Gasteiger partial charge in [0.2, 0.25) is 5.91 Å². The predicted octanol–water partition coefficient (Wildman–Crippen LogP) is 2.54. The van der Waals surface area contributed by atoms with Crippen molar-refractivity contribution in [1.29, 1.82) is 0 Å². The highest BCUT2D eigenvalue weighted by Crippen LogP contribution is 2.35. The topological polar surface area (TPSA) is 98.3 Å². The first-order valence-corrected chi connectivity index (χ1v) is 5.84. The molecule has 0 bridgehead atoms. The lowest BCUT2D eigenvalue weighted by molar-refractivity contribution is -0.384. The fraction of sp³-hybridized carbons (Fsp3) is 0.417. The molecule has 1 rings (SSSR count). The summed E-state index contributed by atoms with van der Waals surface area (Å²) in [6.45, 7) is 2.98. The number of rotatable bonds is 5. The SMILES string of the molecule is CC(C)(CNc1ccc(C(F)(F)F)cc1[N+](=O)[O-])C(N)=O. The fourth-order valence-corrected chi connectivity index (χ4v) is 1.41. The molecule has 0 saturated carbocycles. The molecule has 1 aromatic carbocycles. The number of halogens is 3. The number of nitrogens with one attached hydrogen (secondary N) is 1. The van der Waals surface area contributed by atoms with E-state index in [9.17, 15) is 28.1 Å². The van der Waals surface area contributed by atoms with Crippen LogP contribution < -0.4 is 11.1 Å². The molecular weight excluding hydrogens is 291 g/mol. The number of anilines is 1. The van der Waals surface area contributed by atoms with Crippen molar-refractivity contribution >= 4 is 17.3 Å². The highest BCUT2D eigenvalue weighted by molar-refractivity contribution is 5.80. The summed E-state index contributed by atoms with van der Waals surface area (Å²) >= 11 is 0. The maximum atomic E-state index is 12.5. The van der Waals surface area contributed by atoms with Crippen LogP contribution in [0.5, 0.6) is 0 Å². The van der Waals surface area contributed by atoms with Crippen molar-refractivity contribution in [3.05, 3.63) is 33.9 Å². The van der Waals surface area contributed by atoms with Crippen molar-refractivity contribution in [3.63, 3.8) is 0 Å². The molecule has 3 N–H and O–H groups in total. The van der Waals surface area contributed by atoms with Crippen LogP contribution in [-0.4, -0.2) is 17.4 Å². The van der Waals surface area contributed by atoms with Crippen LogP contribution in [0.15, 0.2) is 18.2 Å². The quantitative estimate of drug-likeness (QED) is 0.645. The van der Waals surface area contributed by atoms with Gasteiger partial charge in [-0.25, -0.2) is 0 Å². The third kappa shape index (κ3) is 4.07. The Morgan fingerprint density at radius 1 is 1.38 bits per heavy atom. The summed E-state index contributed by atoms with van der Waals surface area (Å²) in [6, 6.07) is 2.13. The van der Waals surface area contributed by atoms with Gasteiger partial charge in [0, 0.05) is 12.6 Å². The average Bonchev–Trinajstić information content (AvgIpc) is 2.34. The van der Waals surface area contributed by atoms with Crippen molar-refractivity contribution in [3.8, 4) is 0 Å². The molecule has 0 radical (unpaired) electrons. The first-order chi connectivity index (χ1) is 9.45. The second kappa shape index (κ2) is 5.58. The van der Waals surface area contributed by atoms with Crippen molar-refractivity contribution in [2.75, 3.05) is 11.9 Å². The Morgan fingerprint density at radius 2 is 1.95 bits per heavy atom. The summed E-state index contributed by atoms with van der Waals surface area (Å²) in [5.74, 6) is -0.635. The zero-order chi connectivity index (χ0) is 16.4. The molecule has 0 aliphatic rings. The minimum Gasteiger partial charge on any atom is -0.378 e. The molecule has 0 atom stereocenters. The van der Waals surface area contributed by atoms with E-state index in [0.29, 0.717) is 6.07 Å². The van der Waals surface area contributed by atoms with Gasteiger partial charge in [-0.2, -0.15) is 13.2 Å². The summed E-state index contributed by atoms with van der Waals surface area (Å²) in [5, 5.41) is 13.5. The Kier molecular flexibility index (Phi) is 4.45. The van der Waals surface area contributed by atoms with Gasteiger partial charge in [0.1, 0.15) is 5.69 Å². The fourth-order valence-electron chi connectivity index (χ4n) is 1.41. The van der Waals surface area contributed by atoms with Crippen LogP contribution in [-0.2, 0) is 11.0 Å². The number of nitro groups is 1. The van der Waals surface area contributed by atoms with Crippen LogP contribution in [0, 0.1) is 15.5 Å². The second-order valence-electron chi connectivity index (χ2n) is 5.09. The highest BCUT2D eigenvalue weighted by Gasteiger charge is 2.33. The number of carbonyl (C=O) groups is 1. The molecule has 0 unspecified atom stereocenters. The van der Waals surface area contributed by atoms with E-state index in [2.05, 4.69) is 5.32 Å². The first kappa shape index (κ1) is 16.7. The number of hydrogen-bond acceptors (Lipinski definition) is 4. The van der Waals surface area contributed by atoms with Crippen LogP contribution in [0.1, 0.15) is 19.4 Å². The molecule has 1 amide bonds. The van der Waals surface area contributed by atoms with Gasteiger partial charge in [0.05, 0.1) is 15.9 Å². The molecule has 21 heavy (non-hydrogen) atoms. The van der Waals surface area contributed by atoms with Gasteiger partial charge < -0.3 is 11.1 Å². The lowest BCUT2D eigenvalue weighted by atomic mass is 9.92. The summed E-state index contributed by atoms with van der Waals surface area (Å²) in [7, 11) is 0. The van der Waals surface area contributed by atoms with Gasteiger partial charge in [-0.15, -0.1) is 0 Å². The number of nitro benzene ring substituents is 1. The molecule has 116 valence electrons. The number of benzene rings is 1. The molecule has 0 aliphatic heterocycles. The zero-order valence-electron chi connectivity index (χ0n) is 11.3. The average molecular weight is 305 g/mol. The Bertz CT molecular complexity index is 571. The maximum absolute atomic E-state index is 12.5. The van der Waals surface area contributed by atoms with Gasteiger partial charge in [-0.1, -0.05) is 0 Å². The van der Waals surface area contributed by atoms with E-state index >= 15 is 0 Å². The second-order valence-corrected chi connectivity index (χ2v) is 5.09. The molecule has 0 fully saturated rings. The summed E-state index contributed by atoms with van der Waals surface area (Å²) < 4.78 is 37.6. The smallest absolute Gasteiger partial charge is 0.378 e. The lowest BCUT2D eigenvalue weighted by Crippen LogP contribution is -2.37. The molecule has 0 aliphatic carbocycles. The van der Waals surface area contributed by atoms with Crippen molar-refractivity contribution in [1.82, 2.24) is 0 Å². The van der Waals surface area contributed by atoms with Crippen molar-refractivity contribution in [2.45, 2.75) is 20.0 Å². The summed E-state index contributed by atoms with van der Waals surface area (Å²) in [5.41, 5.74) is 2.21. The van der Waals surface area contributed by atoms with E-state index in [4.69, 9.17) is 5.73 Å². The summed E-state index contributed by atoms with van der Waals surface area (Å²) in [4.78, 5) is 21.1. The number of amides is 1. The Balaban J connectivity index is 3.09. The third-order valence-corrected chi connectivity index (χ3v) is 2.91. The van der Waals surface area contributed by atoms with E-state index in [1.165, 1.54) is 13.8 Å². The van der Waals surface area contributed by atoms with Crippen molar-refractivity contribution in [2.24, 2.45) is 11.1 Å². The lowest BCUT2D eigenvalue weighted by Gasteiger charge is -2.21.